The highest BCUT2D eigenvalue weighted by Gasteiger charge is 2.60. The van der Waals surface area contributed by atoms with E-state index in [9.17, 15) is 9.90 Å². The Hall–Kier alpha value is -0.850. The SMILES string of the molecule is CC(C)(C)OC(=O)N1CC(N)(C2(O)COC2)C1. The Kier molecular flexibility index (Phi) is 2.65. The van der Waals surface area contributed by atoms with E-state index in [2.05, 4.69) is 0 Å². The summed E-state index contributed by atoms with van der Waals surface area (Å²) in [5.41, 5.74) is 3.79. The quantitative estimate of drug-likeness (QED) is 0.661. The van der Waals surface area contributed by atoms with E-state index in [1.807, 2.05) is 20.8 Å². The first kappa shape index (κ1) is 12.6. The number of carbonyl (C=O) groups excluding carboxylic acids is 1. The van der Waals surface area contributed by atoms with Crippen LogP contribution < -0.4 is 5.73 Å². The predicted molar refractivity (Wildman–Crippen MR) is 60.5 cm³/mol. The third-order valence-electron chi connectivity index (χ3n) is 3.21. The highest BCUT2D eigenvalue weighted by Crippen LogP contribution is 2.35. The van der Waals surface area contributed by atoms with Crippen LogP contribution in [0, 0.1) is 0 Å². The topological polar surface area (TPSA) is 85.0 Å². The molecule has 2 saturated heterocycles. The molecule has 0 aromatic rings. The molecule has 0 unspecified atom stereocenters. The number of hydrogen-bond acceptors (Lipinski definition) is 5. The van der Waals surface area contributed by atoms with E-state index in [0.29, 0.717) is 13.1 Å². The van der Waals surface area contributed by atoms with Crippen molar-refractivity contribution in [1.29, 1.82) is 0 Å². The zero-order chi connectivity index (χ0) is 12.9. The minimum atomic E-state index is -0.995. The number of carbonyl (C=O) groups is 1. The van der Waals surface area contributed by atoms with Gasteiger partial charge in [-0.25, -0.2) is 4.79 Å². The van der Waals surface area contributed by atoms with Crippen LogP contribution in [0.3, 0.4) is 0 Å². The normalized spacial score (nSPS) is 25.8. The van der Waals surface area contributed by atoms with Crippen molar-refractivity contribution >= 4 is 6.09 Å². The number of hydrogen-bond donors (Lipinski definition) is 2. The molecular weight excluding hydrogens is 224 g/mol. The molecule has 98 valence electrons. The van der Waals surface area contributed by atoms with Crippen LogP contribution >= 0.6 is 0 Å². The number of likely N-dealkylation sites (tertiary alicyclic amines) is 1. The van der Waals surface area contributed by atoms with Gasteiger partial charge in [-0.05, 0) is 20.8 Å². The second-order valence-corrected chi connectivity index (χ2v) is 6.02. The van der Waals surface area contributed by atoms with Gasteiger partial charge in [0.15, 0.2) is 0 Å². The number of nitrogens with two attached hydrogens (primary N) is 1. The Morgan fingerprint density at radius 3 is 2.29 bits per heavy atom. The second-order valence-electron chi connectivity index (χ2n) is 6.02. The number of amides is 1. The fourth-order valence-corrected chi connectivity index (χ4v) is 1.97. The zero-order valence-corrected chi connectivity index (χ0v) is 10.5. The Labute approximate surface area is 101 Å². The van der Waals surface area contributed by atoms with Crippen molar-refractivity contribution < 1.29 is 19.4 Å². The fourth-order valence-electron chi connectivity index (χ4n) is 1.97. The van der Waals surface area contributed by atoms with E-state index in [1.165, 1.54) is 4.90 Å². The average Bonchev–Trinajstić information content (AvgIpc) is 2.05. The second kappa shape index (κ2) is 3.57. The number of aliphatic hydroxyl groups is 1. The molecule has 2 aliphatic rings. The summed E-state index contributed by atoms with van der Waals surface area (Å²) in [5, 5.41) is 10.1. The lowest BCUT2D eigenvalue weighted by atomic mass is 9.73. The lowest BCUT2D eigenvalue weighted by molar-refractivity contribution is -0.236. The third kappa shape index (κ3) is 2.12. The van der Waals surface area contributed by atoms with Gasteiger partial charge in [0.25, 0.3) is 0 Å². The summed E-state index contributed by atoms with van der Waals surface area (Å²) >= 11 is 0. The summed E-state index contributed by atoms with van der Waals surface area (Å²) in [5.74, 6) is 0. The monoisotopic (exact) mass is 244 g/mol. The maximum absolute atomic E-state index is 11.7. The summed E-state index contributed by atoms with van der Waals surface area (Å²) in [4.78, 5) is 13.2. The van der Waals surface area contributed by atoms with Crippen molar-refractivity contribution in [2.75, 3.05) is 26.3 Å². The highest BCUT2D eigenvalue weighted by molar-refractivity contribution is 5.70. The highest BCUT2D eigenvalue weighted by atomic mass is 16.6. The van der Waals surface area contributed by atoms with Gasteiger partial charge in [0.2, 0.25) is 0 Å². The molecule has 0 saturated carbocycles. The van der Waals surface area contributed by atoms with Crippen molar-refractivity contribution in [2.45, 2.75) is 37.5 Å². The molecule has 0 bridgehead atoms. The lowest BCUT2D eigenvalue weighted by Crippen LogP contribution is -2.83. The molecule has 2 fully saturated rings. The largest absolute Gasteiger partial charge is 0.444 e. The van der Waals surface area contributed by atoms with Gasteiger partial charge in [0.05, 0.1) is 18.8 Å². The Bertz CT molecular complexity index is 327. The molecule has 6 nitrogen and oxygen atoms in total. The van der Waals surface area contributed by atoms with Gasteiger partial charge in [-0.15, -0.1) is 0 Å². The van der Waals surface area contributed by atoms with Crippen molar-refractivity contribution in [1.82, 2.24) is 4.90 Å². The van der Waals surface area contributed by atoms with E-state index in [0.717, 1.165) is 0 Å². The summed E-state index contributed by atoms with van der Waals surface area (Å²) in [7, 11) is 0. The number of rotatable bonds is 1. The molecular formula is C11H20N2O4. The first-order chi connectivity index (χ1) is 7.65. The van der Waals surface area contributed by atoms with Gasteiger partial charge in [0.1, 0.15) is 11.2 Å². The summed E-state index contributed by atoms with van der Waals surface area (Å²) < 4.78 is 10.2. The van der Waals surface area contributed by atoms with E-state index < -0.39 is 16.7 Å². The van der Waals surface area contributed by atoms with Crippen LogP contribution in [0.1, 0.15) is 20.8 Å². The van der Waals surface area contributed by atoms with Crippen molar-refractivity contribution in [3.05, 3.63) is 0 Å². The molecule has 2 rings (SSSR count). The van der Waals surface area contributed by atoms with Gasteiger partial charge in [0, 0.05) is 13.1 Å². The molecule has 2 aliphatic heterocycles. The number of nitrogens with zero attached hydrogens (tertiary/aromatic N) is 1. The maximum atomic E-state index is 11.7. The standard InChI is InChI=1S/C11H20N2O4/c1-9(2,3)17-8(14)13-4-10(12,5-13)11(15)6-16-7-11/h15H,4-7,12H2,1-3H3. The van der Waals surface area contributed by atoms with Gasteiger partial charge < -0.3 is 25.2 Å². The molecule has 6 heteroatoms. The van der Waals surface area contributed by atoms with Crippen molar-refractivity contribution in [3.63, 3.8) is 0 Å². The van der Waals surface area contributed by atoms with Crippen LogP contribution in [0.5, 0.6) is 0 Å². The minimum Gasteiger partial charge on any atom is -0.444 e. The molecule has 1 amide bonds. The molecule has 0 aliphatic carbocycles. The van der Waals surface area contributed by atoms with E-state index in [1.54, 1.807) is 0 Å². The fraction of sp³-hybridized carbons (Fsp3) is 0.909. The Morgan fingerprint density at radius 2 is 1.94 bits per heavy atom. The van der Waals surface area contributed by atoms with E-state index in [-0.39, 0.29) is 19.3 Å². The van der Waals surface area contributed by atoms with Crippen LogP contribution in [0.25, 0.3) is 0 Å². The molecule has 0 atom stereocenters. The summed E-state index contributed by atoms with van der Waals surface area (Å²) in [6, 6.07) is 0. The summed E-state index contributed by atoms with van der Waals surface area (Å²) in [6.07, 6.45) is -0.387. The van der Waals surface area contributed by atoms with Gasteiger partial charge >= 0.3 is 6.09 Å². The van der Waals surface area contributed by atoms with Crippen LogP contribution in [0.4, 0.5) is 4.79 Å². The van der Waals surface area contributed by atoms with Crippen molar-refractivity contribution in [3.8, 4) is 0 Å². The lowest BCUT2D eigenvalue weighted by Gasteiger charge is -2.58. The van der Waals surface area contributed by atoms with Crippen LogP contribution in [0.15, 0.2) is 0 Å². The predicted octanol–water partition coefficient (Wildman–Crippen LogP) is -0.304. The minimum absolute atomic E-state index is 0.242. The number of ether oxygens (including phenoxy) is 2. The first-order valence-corrected chi connectivity index (χ1v) is 5.72. The average molecular weight is 244 g/mol. The molecule has 3 N–H and O–H groups in total. The smallest absolute Gasteiger partial charge is 0.410 e. The van der Waals surface area contributed by atoms with Crippen LogP contribution in [-0.2, 0) is 9.47 Å². The Balaban J connectivity index is 1.88. The maximum Gasteiger partial charge on any atom is 0.410 e. The zero-order valence-electron chi connectivity index (χ0n) is 10.5. The Morgan fingerprint density at radius 1 is 1.41 bits per heavy atom. The van der Waals surface area contributed by atoms with E-state index in [4.69, 9.17) is 15.2 Å². The third-order valence-corrected chi connectivity index (χ3v) is 3.21. The van der Waals surface area contributed by atoms with Crippen LogP contribution in [-0.4, -0.2) is 59.1 Å². The molecule has 17 heavy (non-hydrogen) atoms. The molecule has 0 spiro atoms. The molecule has 0 aromatic carbocycles. The van der Waals surface area contributed by atoms with E-state index >= 15 is 0 Å². The summed E-state index contributed by atoms with van der Waals surface area (Å²) in [6.45, 7) is 6.54. The van der Waals surface area contributed by atoms with Gasteiger partial charge in [-0.1, -0.05) is 0 Å². The van der Waals surface area contributed by atoms with Crippen LogP contribution in [0.2, 0.25) is 0 Å². The van der Waals surface area contributed by atoms with Crippen molar-refractivity contribution in [2.24, 2.45) is 5.73 Å². The molecule has 0 aromatic heterocycles. The first-order valence-electron chi connectivity index (χ1n) is 5.72. The van der Waals surface area contributed by atoms with Gasteiger partial charge in [-0.2, -0.15) is 0 Å². The molecule has 2 heterocycles. The van der Waals surface area contributed by atoms with Gasteiger partial charge in [-0.3, -0.25) is 0 Å². The molecule has 0 radical (unpaired) electrons.